The number of fused-ring (bicyclic) bond motifs is 1. The van der Waals surface area contributed by atoms with Gasteiger partial charge in [-0.2, -0.15) is 5.26 Å². The predicted octanol–water partition coefficient (Wildman–Crippen LogP) is 3.85. The molecule has 0 saturated heterocycles. The molecule has 0 spiro atoms. The Morgan fingerprint density at radius 2 is 2.15 bits per heavy atom. The normalized spacial score (nSPS) is 13.6. The van der Waals surface area contributed by atoms with Gasteiger partial charge in [-0.25, -0.2) is 4.98 Å². The number of aryl methyl sites for hydroxylation is 1. The molecular weight excluding hydrogens is 450 g/mol. The lowest BCUT2D eigenvalue weighted by molar-refractivity contribution is -0.132. The molecule has 1 atom stereocenters. The summed E-state index contributed by atoms with van der Waals surface area (Å²) < 4.78 is 7.24. The van der Waals surface area contributed by atoms with Crippen molar-refractivity contribution in [2.75, 3.05) is 19.0 Å². The van der Waals surface area contributed by atoms with Crippen LogP contribution in [0.2, 0.25) is 0 Å². The zero-order valence-electron chi connectivity index (χ0n) is 19.5. The smallest absolute Gasteiger partial charge is 0.242 e. The Hall–Kier alpha value is -3.64. The molecule has 8 nitrogen and oxygen atoms in total. The van der Waals surface area contributed by atoms with Crippen LogP contribution in [0.3, 0.4) is 0 Å². The molecule has 0 radical (unpaired) electrons. The van der Waals surface area contributed by atoms with Crippen molar-refractivity contribution in [1.82, 2.24) is 14.5 Å². The maximum atomic E-state index is 12.8. The van der Waals surface area contributed by atoms with Crippen LogP contribution in [-0.2, 0) is 29.1 Å². The molecule has 2 aromatic heterocycles. The Kier molecular flexibility index (Phi) is 6.98. The van der Waals surface area contributed by atoms with Crippen LogP contribution < -0.4 is 10.1 Å². The molecule has 0 saturated carbocycles. The number of carbonyl (C=O) groups is 2. The number of methoxy groups -OCH3 is 1. The Balaban J connectivity index is 1.44. The second-order valence-corrected chi connectivity index (χ2v) is 9.49. The summed E-state index contributed by atoms with van der Waals surface area (Å²) in [5, 5.41) is 13.3. The van der Waals surface area contributed by atoms with Gasteiger partial charge in [-0.15, -0.1) is 11.3 Å². The van der Waals surface area contributed by atoms with E-state index < -0.39 is 0 Å². The lowest BCUT2D eigenvalue weighted by Gasteiger charge is -2.27. The monoisotopic (exact) mass is 477 g/mol. The van der Waals surface area contributed by atoms with Gasteiger partial charge in [-0.3, -0.25) is 9.59 Å². The molecule has 0 aliphatic carbocycles. The molecule has 3 aromatic rings. The Labute approximate surface area is 202 Å². The minimum absolute atomic E-state index is 0.00914. The summed E-state index contributed by atoms with van der Waals surface area (Å²) in [4.78, 5) is 32.6. The molecule has 34 heavy (non-hydrogen) atoms. The number of carbonyl (C=O) groups excluding carboxylic acids is 2. The topological polar surface area (TPSA) is 100 Å². The second kappa shape index (κ2) is 10.1. The molecular formula is C25H27N5O3S. The Morgan fingerprint density at radius 3 is 2.85 bits per heavy atom. The fourth-order valence-corrected chi connectivity index (χ4v) is 5.51. The summed E-state index contributed by atoms with van der Waals surface area (Å²) in [7, 11) is 1.62. The third-order valence-corrected chi connectivity index (χ3v) is 7.30. The van der Waals surface area contributed by atoms with Gasteiger partial charge in [-0.05, 0) is 36.5 Å². The highest BCUT2D eigenvalue weighted by atomic mass is 32.1. The molecule has 1 aliphatic rings. The number of benzene rings is 1. The number of ether oxygens (including phenoxy) is 1. The number of thiophene rings is 1. The summed E-state index contributed by atoms with van der Waals surface area (Å²) in [6.45, 7) is 5.07. The van der Waals surface area contributed by atoms with Crippen LogP contribution in [-0.4, -0.2) is 39.9 Å². The lowest BCUT2D eigenvalue weighted by atomic mass is 9.96. The molecule has 0 bridgehead atoms. The van der Waals surface area contributed by atoms with Crippen molar-refractivity contribution in [2.24, 2.45) is 0 Å². The summed E-state index contributed by atoms with van der Waals surface area (Å²) in [6.07, 6.45) is 4.33. The van der Waals surface area contributed by atoms with Gasteiger partial charge in [0, 0.05) is 30.2 Å². The van der Waals surface area contributed by atoms with Crippen molar-refractivity contribution in [3.05, 3.63) is 64.1 Å². The van der Waals surface area contributed by atoms with Crippen LogP contribution in [0.4, 0.5) is 5.00 Å². The van der Waals surface area contributed by atoms with Crippen LogP contribution in [0.15, 0.2) is 36.7 Å². The van der Waals surface area contributed by atoms with Gasteiger partial charge < -0.3 is 19.5 Å². The van der Waals surface area contributed by atoms with Gasteiger partial charge in [0.1, 0.15) is 29.2 Å². The minimum atomic E-state index is -0.156. The van der Waals surface area contributed by atoms with Crippen molar-refractivity contribution in [3.63, 3.8) is 0 Å². The zero-order valence-corrected chi connectivity index (χ0v) is 20.3. The molecule has 4 rings (SSSR count). The number of hydrogen-bond acceptors (Lipinski definition) is 6. The first-order chi connectivity index (χ1) is 16.4. The van der Waals surface area contributed by atoms with E-state index in [4.69, 9.17) is 4.74 Å². The van der Waals surface area contributed by atoms with E-state index in [1.807, 2.05) is 42.7 Å². The summed E-state index contributed by atoms with van der Waals surface area (Å²) in [5.41, 5.74) is 2.41. The summed E-state index contributed by atoms with van der Waals surface area (Å²) >= 11 is 1.39. The van der Waals surface area contributed by atoms with E-state index in [0.29, 0.717) is 30.1 Å². The van der Waals surface area contributed by atoms with Crippen molar-refractivity contribution in [2.45, 2.75) is 45.7 Å². The molecule has 176 valence electrons. The first-order valence-corrected chi connectivity index (χ1v) is 12.0. The largest absolute Gasteiger partial charge is 0.496 e. The molecule has 2 amide bonds. The SMILES string of the molecule is COc1ccccc1C(C)CC(=O)Nc1sc2c(c1C#N)CCN(C(=O)Cn1ccnc1C)C2. The van der Waals surface area contributed by atoms with Crippen molar-refractivity contribution in [3.8, 4) is 11.8 Å². The Bertz CT molecular complexity index is 1260. The van der Waals surface area contributed by atoms with E-state index in [2.05, 4.69) is 16.4 Å². The lowest BCUT2D eigenvalue weighted by Crippen LogP contribution is -2.37. The number of imidazole rings is 1. The number of rotatable bonds is 7. The van der Waals surface area contributed by atoms with Crippen molar-refractivity contribution < 1.29 is 14.3 Å². The molecule has 3 heterocycles. The fraction of sp³-hybridized carbons (Fsp3) is 0.360. The van der Waals surface area contributed by atoms with Gasteiger partial charge >= 0.3 is 0 Å². The fourth-order valence-electron chi connectivity index (χ4n) is 4.28. The quantitative estimate of drug-likeness (QED) is 0.557. The number of anilines is 1. The van der Waals surface area contributed by atoms with Crippen LogP contribution in [0.25, 0.3) is 0 Å². The zero-order chi connectivity index (χ0) is 24.2. The highest BCUT2D eigenvalue weighted by Crippen LogP contribution is 2.37. The minimum Gasteiger partial charge on any atom is -0.496 e. The average Bonchev–Trinajstić information content (AvgIpc) is 3.40. The molecule has 1 aromatic carbocycles. The van der Waals surface area contributed by atoms with Crippen LogP contribution in [0.5, 0.6) is 5.75 Å². The van der Waals surface area contributed by atoms with E-state index in [1.54, 1.807) is 24.4 Å². The van der Waals surface area contributed by atoms with E-state index in [9.17, 15) is 14.9 Å². The van der Waals surface area contributed by atoms with Gasteiger partial charge in [0.15, 0.2) is 0 Å². The molecule has 1 N–H and O–H groups in total. The van der Waals surface area contributed by atoms with E-state index in [0.717, 1.165) is 27.6 Å². The first-order valence-electron chi connectivity index (χ1n) is 11.1. The maximum Gasteiger partial charge on any atom is 0.242 e. The van der Waals surface area contributed by atoms with Gasteiger partial charge in [0.25, 0.3) is 0 Å². The van der Waals surface area contributed by atoms with Gasteiger partial charge in [-0.1, -0.05) is 25.1 Å². The number of hydrogen-bond donors (Lipinski definition) is 1. The third kappa shape index (κ3) is 4.82. The van der Waals surface area contributed by atoms with E-state index in [-0.39, 0.29) is 30.7 Å². The maximum absolute atomic E-state index is 12.8. The number of nitriles is 1. The molecule has 0 fully saturated rings. The second-order valence-electron chi connectivity index (χ2n) is 8.38. The van der Waals surface area contributed by atoms with Crippen molar-refractivity contribution in [1.29, 1.82) is 5.26 Å². The molecule has 1 aliphatic heterocycles. The highest BCUT2D eigenvalue weighted by Gasteiger charge is 2.28. The highest BCUT2D eigenvalue weighted by molar-refractivity contribution is 7.16. The van der Waals surface area contributed by atoms with Gasteiger partial charge in [0.05, 0.1) is 19.2 Å². The number of nitrogens with one attached hydrogen (secondary N) is 1. The number of nitrogens with zero attached hydrogens (tertiary/aromatic N) is 4. The number of aromatic nitrogens is 2. The molecule has 1 unspecified atom stereocenters. The van der Waals surface area contributed by atoms with Crippen LogP contribution in [0.1, 0.15) is 46.7 Å². The van der Waals surface area contributed by atoms with Crippen LogP contribution in [0, 0.1) is 18.3 Å². The van der Waals surface area contributed by atoms with E-state index in [1.165, 1.54) is 11.3 Å². The predicted molar refractivity (Wildman–Crippen MR) is 130 cm³/mol. The third-order valence-electron chi connectivity index (χ3n) is 6.17. The van der Waals surface area contributed by atoms with Crippen LogP contribution >= 0.6 is 11.3 Å². The number of amides is 2. The van der Waals surface area contributed by atoms with Gasteiger partial charge in [0.2, 0.25) is 11.8 Å². The van der Waals surface area contributed by atoms with Crippen molar-refractivity contribution >= 4 is 28.2 Å². The summed E-state index contributed by atoms with van der Waals surface area (Å²) in [6, 6.07) is 9.92. The average molecular weight is 478 g/mol. The Morgan fingerprint density at radius 1 is 1.35 bits per heavy atom. The summed E-state index contributed by atoms with van der Waals surface area (Å²) in [5.74, 6) is 1.35. The standard InChI is InChI=1S/C25H27N5O3S/c1-16(18-6-4-5-7-21(18)33-3)12-23(31)28-25-20(13-26)19-8-10-30(14-22(19)34-25)24(32)15-29-11-9-27-17(29)2/h4-7,9,11,16H,8,10,12,14-15H2,1-3H3,(H,28,31). The number of para-hydroxylation sites is 1. The first kappa shape index (κ1) is 23.5. The van der Waals surface area contributed by atoms with E-state index >= 15 is 0 Å². The molecule has 9 heteroatoms.